The average molecular weight is 275 g/mol. The van der Waals surface area contributed by atoms with Gasteiger partial charge in [-0.2, -0.15) is 13.2 Å². The first kappa shape index (κ1) is 13.7. The molecule has 0 heterocycles. The van der Waals surface area contributed by atoms with Gasteiger partial charge >= 0.3 is 5.51 Å². The van der Waals surface area contributed by atoms with Gasteiger partial charge in [-0.1, -0.05) is 36.0 Å². The molecule has 100 valence electrons. The summed E-state index contributed by atoms with van der Waals surface area (Å²) < 4.78 is 36.4. The SMILES string of the molecule is CNC1c2ccccc2CC1CCSC(F)(F)F. The normalized spacial score (nSPS) is 23.1. The van der Waals surface area contributed by atoms with Crippen LogP contribution in [0.1, 0.15) is 23.6 Å². The van der Waals surface area contributed by atoms with Crippen LogP contribution in [0.3, 0.4) is 0 Å². The van der Waals surface area contributed by atoms with Gasteiger partial charge in [-0.15, -0.1) is 0 Å². The Hall–Kier alpha value is -0.680. The van der Waals surface area contributed by atoms with Gasteiger partial charge in [0.1, 0.15) is 0 Å². The van der Waals surface area contributed by atoms with E-state index in [1.807, 2.05) is 19.2 Å². The molecule has 1 nitrogen and oxygen atoms in total. The topological polar surface area (TPSA) is 12.0 Å². The number of benzene rings is 1. The molecule has 18 heavy (non-hydrogen) atoms. The molecule has 0 fully saturated rings. The van der Waals surface area contributed by atoms with Crippen molar-refractivity contribution in [1.82, 2.24) is 5.32 Å². The summed E-state index contributed by atoms with van der Waals surface area (Å²) in [4.78, 5) is 0. The van der Waals surface area contributed by atoms with Gasteiger partial charge in [-0.05, 0) is 36.9 Å². The lowest BCUT2D eigenvalue weighted by molar-refractivity contribution is -0.0328. The smallest absolute Gasteiger partial charge is 0.313 e. The van der Waals surface area contributed by atoms with E-state index in [2.05, 4.69) is 17.4 Å². The van der Waals surface area contributed by atoms with Crippen LogP contribution >= 0.6 is 11.8 Å². The van der Waals surface area contributed by atoms with Crippen LogP contribution in [0.15, 0.2) is 24.3 Å². The molecule has 1 aromatic rings. The Morgan fingerprint density at radius 2 is 2.06 bits per heavy atom. The first-order valence-electron chi connectivity index (χ1n) is 5.97. The van der Waals surface area contributed by atoms with Gasteiger partial charge in [0.25, 0.3) is 0 Å². The number of thioether (sulfide) groups is 1. The zero-order valence-electron chi connectivity index (χ0n) is 10.1. The summed E-state index contributed by atoms with van der Waals surface area (Å²) in [5, 5.41) is 3.23. The predicted octanol–water partition coefficient (Wildman–Crippen LogP) is 3.76. The van der Waals surface area contributed by atoms with E-state index >= 15 is 0 Å². The second kappa shape index (κ2) is 5.53. The van der Waals surface area contributed by atoms with Crippen LogP contribution in [-0.4, -0.2) is 18.3 Å². The summed E-state index contributed by atoms with van der Waals surface area (Å²) in [6.07, 6.45) is 1.46. The summed E-state index contributed by atoms with van der Waals surface area (Å²) in [6.45, 7) is 0. The van der Waals surface area contributed by atoms with Crippen LogP contribution in [-0.2, 0) is 6.42 Å². The number of alkyl halides is 3. The molecule has 2 rings (SSSR count). The van der Waals surface area contributed by atoms with Gasteiger partial charge < -0.3 is 5.32 Å². The number of nitrogens with one attached hydrogen (secondary N) is 1. The molecule has 1 N–H and O–H groups in total. The lowest BCUT2D eigenvalue weighted by Gasteiger charge is -2.19. The molecule has 0 spiro atoms. The van der Waals surface area contributed by atoms with E-state index in [1.54, 1.807) is 0 Å². The summed E-state index contributed by atoms with van der Waals surface area (Å²) in [6, 6.07) is 8.29. The van der Waals surface area contributed by atoms with Gasteiger partial charge in [0.05, 0.1) is 0 Å². The van der Waals surface area contributed by atoms with Crippen LogP contribution in [0, 0.1) is 5.92 Å². The Balaban J connectivity index is 1.96. The number of halogens is 3. The van der Waals surface area contributed by atoms with Crippen molar-refractivity contribution in [2.45, 2.75) is 24.4 Å². The first-order chi connectivity index (χ1) is 8.51. The fourth-order valence-electron chi connectivity index (χ4n) is 2.66. The molecule has 1 aromatic carbocycles. The molecular formula is C13H16F3NS. The second-order valence-electron chi connectivity index (χ2n) is 4.51. The molecule has 0 bridgehead atoms. The zero-order chi connectivity index (χ0) is 13.2. The Bertz CT molecular complexity index is 405. The van der Waals surface area contributed by atoms with Crippen molar-refractivity contribution >= 4 is 11.8 Å². The van der Waals surface area contributed by atoms with Crippen LogP contribution in [0.5, 0.6) is 0 Å². The van der Waals surface area contributed by atoms with E-state index in [4.69, 9.17) is 0 Å². The van der Waals surface area contributed by atoms with E-state index in [0.29, 0.717) is 6.42 Å². The fraction of sp³-hybridized carbons (Fsp3) is 0.538. The molecule has 0 amide bonds. The minimum absolute atomic E-state index is 0.0839. The van der Waals surface area contributed by atoms with E-state index in [9.17, 15) is 13.2 Å². The third-order valence-electron chi connectivity index (χ3n) is 3.41. The van der Waals surface area contributed by atoms with Crippen LogP contribution in [0.2, 0.25) is 0 Å². The average Bonchev–Trinajstić information content (AvgIpc) is 2.64. The summed E-state index contributed by atoms with van der Waals surface area (Å²) >= 11 is 0.0839. The lowest BCUT2D eigenvalue weighted by Crippen LogP contribution is -2.22. The summed E-state index contributed by atoms with van der Waals surface area (Å²) in [5.74, 6) is 0.405. The lowest BCUT2D eigenvalue weighted by atomic mass is 9.98. The van der Waals surface area contributed by atoms with E-state index < -0.39 is 5.51 Å². The highest BCUT2D eigenvalue weighted by Gasteiger charge is 2.33. The summed E-state index contributed by atoms with van der Waals surface area (Å²) in [7, 11) is 1.87. The highest BCUT2D eigenvalue weighted by Crippen LogP contribution is 2.39. The van der Waals surface area contributed by atoms with Crippen molar-refractivity contribution in [3.05, 3.63) is 35.4 Å². The molecule has 0 aliphatic heterocycles. The van der Waals surface area contributed by atoms with Gasteiger partial charge in [-0.25, -0.2) is 0 Å². The molecule has 0 radical (unpaired) electrons. The molecule has 1 aliphatic carbocycles. The highest BCUT2D eigenvalue weighted by atomic mass is 32.2. The van der Waals surface area contributed by atoms with Gasteiger partial charge in [0.2, 0.25) is 0 Å². The molecule has 0 saturated heterocycles. The minimum Gasteiger partial charge on any atom is -0.313 e. The number of hydrogen-bond acceptors (Lipinski definition) is 2. The number of hydrogen-bond donors (Lipinski definition) is 1. The third-order valence-corrected chi connectivity index (χ3v) is 4.18. The molecular weight excluding hydrogens is 259 g/mol. The molecule has 2 atom stereocenters. The van der Waals surface area contributed by atoms with Gasteiger partial charge in [-0.3, -0.25) is 0 Å². The Morgan fingerprint density at radius 3 is 2.72 bits per heavy atom. The highest BCUT2D eigenvalue weighted by molar-refractivity contribution is 8.00. The van der Waals surface area contributed by atoms with Crippen LogP contribution in [0.4, 0.5) is 13.2 Å². The minimum atomic E-state index is -4.11. The quantitative estimate of drug-likeness (QED) is 0.898. The maximum Gasteiger partial charge on any atom is 0.441 e. The number of fused-ring (bicyclic) bond motifs is 1. The van der Waals surface area contributed by atoms with Crippen molar-refractivity contribution in [3.63, 3.8) is 0 Å². The van der Waals surface area contributed by atoms with E-state index in [-0.39, 0.29) is 29.5 Å². The zero-order valence-corrected chi connectivity index (χ0v) is 10.9. The number of rotatable bonds is 4. The van der Waals surface area contributed by atoms with Crippen molar-refractivity contribution in [3.8, 4) is 0 Å². The predicted molar refractivity (Wildman–Crippen MR) is 68.6 cm³/mol. The van der Waals surface area contributed by atoms with Crippen molar-refractivity contribution in [2.24, 2.45) is 5.92 Å². The monoisotopic (exact) mass is 275 g/mol. The standard InChI is InChI=1S/C13H16F3NS/c1-17-12-10(6-7-18-13(14,15)16)8-9-4-2-3-5-11(9)12/h2-5,10,12,17H,6-8H2,1H3. The maximum absolute atomic E-state index is 12.1. The Kier molecular flexibility index (Phi) is 4.22. The first-order valence-corrected chi connectivity index (χ1v) is 6.95. The molecule has 5 heteroatoms. The molecule has 0 saturated carbocycles. The van der Waals surface area contributed by atoms with E-state index in [1.165, 1.54) is 11.1 Å². The largest absolute Gasteiger partial charge is 0.441 e. The van der Waals surface area contributed by atoms with Gasteiger partial charge in [0, 0.05) is 11.8 Å². The van der Waals surface area contributed by atoms with Crippen LogP contribution < -0.4 is 5.32 Å². The molecule has 0 aromatic heterocycles. The summed E-state index contributed by atoms with van der Waals surface area (Å²) in [5.41, 5.74) is -1.61. The molecule has 2 unspecified atom stereocenters. The van der Waals surface area contributed by atoms with Gasteiger partial charge in [0.15, 0.2) is 0 Å². The van der Waals surface area contributed by atoms with E-state index in [0.717, 1.165) is 6.42 Å². The fourth-order valence-corrected chi connectivity index (χ4v) is 3.32. The van der Waals surface area contributed by atoms with Crippen LogP contribution in [0.25, 0.3) is 0 Å². The van der Waals surface area contributed by atoms with Crippen molar-refractivity contribution < 1.29 is 13.2 Å². The Morgan fingerprint density at radius 1 is 1.33 bits per heavy atom. The third kappa shape index (κ3) is 3.20. The second-order valence-corrected chi connectivity index (χ2v) is 5.67. The molecule has 1 aliphatic rings. The maximum atomic E-state index is 12.1. The van der Waals surface area contributed by atoms with Crippen molar-refractivity contribution in [1.29, 1.82) is 0 Å². The van der Waals surface area contributed by atoms with Crippen molar-refractivity contribution in [2.75, 3.05) is 12.8 Å². The Labute approximate surface area is 109 Å².